The molecule has 0 amide bonds. The molecule has 0 saturated heterocycles. The third kappa shape index (κ3) is 70.8. The highest BCUT2D eigenvalue weighted by Crippen LogP contribution is 2.08. The normalized spacial score (nSPS) is 10.5. The lowest BCUT2D eigenvalue weighted by atomic mass is 10.0. The second-order valence-corrected chi connectivity index (χ2v) is 7.65. The van der Waals surface area contributed by atoms with Crippen molar-refractivity contribution in [2.75, 3.05) is 0 Å². The number of hydrogen-bond acceptors (Lipinski definition) is 5. The van der Waals surface area contributed by atoms with Gasteiger partial charge >= 0.3 is 0 Å². The van der Waals surface area contributed by atoms with Crippen LogP contribution in [0.5, 0.6) is 0 Å². The summed E-state index contributed by atoms with van der Waals surface area (Å²) in [4.78, 5) is 10.4. The SMILES string of the molecule is C.C.CC.CC(=O)CCC(C)C#N.CC(C)C#N.CC(C)CC(C)C#N.CCC(C)C#N. The molecule has 3 unspecified atom stereocenters. The Labute approximate surface area is 202 Å². The van der Waals surface area contributed by atoms with Gasteiger partial charge in [-0.25, -0.2) is 0 Å². The molecule has 3 atom stereocenters. The third-order valence-electron chi connectivity index (χ3n) is 3.29. The molecule has 32 heavy (non-hydrogen) atoms. The Morgan fingerprint density at radius 3 is 1.19 bits per heavy atom. The van der Waals surface area contributed by atoms with E-state index in [1.54, 1.807) is 6.92 Å². The lowest BCUT2D eigenvalue weighted by Gasteiger charge is -2.03. The summed E-state index contributed by atoms with van der Waals surface area (Å²) < 4.78 is 0. The average molecular weight is 451 g/mol. The maximum atomic E-state index is 10.4. The first-order valence-electron chi connectivity index (χ1n) is 11.0. The summed E-state index contributed by atoms with van der Waals surface area (Å²) in [6.07, 6.45) is 3.23. The molecular formula is C27H54N4O. The molecule has 0 aromatic carbocycles. The molecule has 0 N–H and O–H groups in total. The van der Waals surface area contributed by atoms with Gasteiger partial charge in [0.2, 0.25) is 0 Å². The van der Waals surface area contributed by atoms with Crippen LogP contribution >= 0.6 is 0 Å². The van der Waals surface area contributed by atoms with Gasteiger partial charge in [-0.05, 0) is 66.7 Å². The maximum absolute atomic E-state index is 10.4. The van der Waals surface area contributed by atoms with Crippen molar-refractivity contribution in [3.05, 3.63) is 0 Å². The van der Waals surface area contributed by atoms with Crippen LogP contribution in [0.1, 0.15) is 117 Å². The molecular weight excluding hydrogens is 396 g/mol. The lowest BCUT2D eigenvalue weighted by molar-refractivity contribution is -0.117. The summed E-state index contributed by atoms with van der Waals surface area (Å²) >= 11 is 0. The minimum atomic E-state index is 0. The number of ketones is 1. The minimum Gasteiger partial charge on any atom is -0.300 e. The van der Waals surface area contributed by atoms with Crippen LogP contribution < -0.4 is 0 Å². The van der Waals surface area contributed by atoms with Gasteiger partial charge in [-0.1, -0.05) is 49.5 Å². The number of carbonyl (C=O) groups excluding carboxylic acids is 1. The monoisotopic (exact) mass is 450 g/mol. The summed E-state index contributed by atoms with van der Waals surface area (Å²) in [5.74, 6) is 1.51. The molecule has 0 aromatic heterocycles. The van der Waals surface area contributed by atoms with Crippen molar-refractivity contribution in [1.29, 1.82) is 21.0 Å². The quantitative estimate of drug-likeness (QED) is 0.401. The highest BCUT2D eigenvalue weighted by molar-refractivity contribution is 5.75. The minimum absolute atomic E-state index is 0. The van der Waals surface area contributed by atoms with E-state index in [-0.39, 0.29) is 44.3 Å². The molecule has 0 radical (unpaired) electrons. The highest BCUT2D eigenvalue weighted by atomic mass is 16.1. The topological polar surface area (TPSA) is 112 Å². The highest BCUT2D eigenvalue weighted by Gasteiger charge is 2.01. The van der Waals surface area contributed by atoms with Crippen LogP contribution in [-0.2, 0) is 4.79 Å². The summed E-state index contributed by atoms with van der Waals surface area (Å²) in [5, 5.41) is 32.6. The number of rotatable bonds is 6. The van der Waals surface area contributed by atoms with E-state index in [0.717, 1.165) is 12.8 Å². The van der Waals surface area contributed by atoms with Crippen LogP contribution in [0.2, 0.25) is 0 Å². The molecule has 0 bridgehead atoms. The van der Waals surface area contributed by atoms with Crippen molar-refractivity contribution in [2.45, 2.75) is 117 Å². The van der Waals surface area contributed by atoms with Gasteiger partial charge in [-0.3, -0.25) is 0 Å². The third-order valence-corrected chi connectivity index (χ3v) is 3.29. The van der Waals surface area contributed by atoms with E-state index in [9.17, 15) is 4.79 Å². The predicted molar refractivity (Wildman–Crippen MR) is 139 cm³/mol. The summed E-state index contributed by atoms with van der Waals surface area (Å²) in [7, 11) is 0. The molecule has 0 aliphatic heterocycles. The van der Waals surface area contributed by atoms with Crippen LogP contribution in [0.15, 0.2) is 0 Å². The van der Waals surface area contributed by atoms with Crippen molar-refractivity contribution in [1.82, 2.24) is 0 Å². The molecule has 0 spiro atoms. The molecule has 0 fully saturated rings. The van der Waals surface area contributed by atoms with Gasteiger partial charge in [0.05, 0.1) is 24.3 Å². The second kappa shape index (κ2) is 39.1. The molecule has 0 rings (SSSR count). The summed E-state index contributed by atoms with van der Waals surface area (Å²) in [6.45, 7) is 21.2. The first kappa shape index (κ1) is 47.4. The number of nitriles is 4. The number of hydrogen-bond donors (Lipinski definition) is 0. The van der Waals surface area contributed by atoms with Gasteiger partial charge in [0.1, 0.15) is 5.78 Å². The van der Waals surface area contributed by atoms with Crippen LogP contribution in [0.4, 0.5) is 0 Å². The number of carbonyl (C=O) groups is 1. The van der Waals surface area contributed by atoms with Gasteiger partial charge in [-0.15, -0.1) is 0 Å². The van der Waals surface area contributed by atoms with Gasteiger partial charge in [0.25, 0.3) is 0 Å². The number of Topliss-reactive ketones (excluding diaryl/α,β-unsaturated/α-hetero) is 1. The fraction of sp³-hybridized carbons (Fsp3) is 0.815. The van der Waals surface area contributed by atoms with E-state index in [0.29, 0.717) is 18.8 Å². The fourth-order valence-corrected chi connectivity index (χ4v) is 1.34. The van der Waals surface area contributed by atoms with Gasteiger partial charge in [-0.2, -0.15) is 21.0 Å². The van der Waals surface area contributed by atoms with Crippen LogP contribution in [0, 0.1) is 74.9 Å². The Kier molecular flexibility index (Phi) is 58.0. The summed E-state index contributed by atoms with van der Waals surface area (Å²) in [6, 6.07) is 8.41. The van der Waals surface area contributed by atoms with E-state index >= 15 is 0 Å². The smallest absolute Gasteiger partial charge is 0.129 e. The molecule has 0 aromatic rings. The lowest BCUT2D eigenvalue weighted by Crippen LogP contribution is -1.95. The summed E-state index contributed by atoms with van der Waals surface area (Å²) in [5.41, 5.74) is 0. The zero-order valence-corrected chi connectivity index (χ0v) is 21.4. The van der Waals surface area contributed by atoms with Crippen LogP contribution in [0.3, 0.4) is 0 Å². The first-order valence-corrected chi connectivity index (χ1v) is 11.0. The Balaban J connectivity index is -0.0000000507. The Morgan fingerprint density at radius 1 is 0.719 bits per heavy atom. The van der Waals surface area contributed by atoms with Crippen LogP contribution in [-0.4, -0.2) is 5.78 Å². The standard InChI is InChI=1S/C7H11NO.C7H13N.C5H9N.C4H7N.C2H6.2CH4/c1-6(5-8)3-4-7(2)9;1-6(2)4-7(3)5-8;1-3-5(2)4-6;1-4(2)3-5;1-2;;/h6H,3-4H2,1-2H3;6-7H,4H2,1-3H3;5H,3H2,1-2H3;4H,1-2H3;1-2H3;2*1H4. The first-order chi connectivity index (χ1) is 13.9. The van der Waals surface area contributed by atoms with Crippen molar-refractivity contribution >= 4 is 5.78 Å². The van der Waals surface area contributed by atoms with E-state index in [4.69, 9.17) is 21.0 Å². The molecule has 5 nitrogen and oxygen atoms in total. The molecule has 0 aliphatic rings. The molecule has 188 valence electrons. The van der Waals surface area contributed by atoms with Crippen molar-refractivity contribution < 1.29 is 4.79 Å². The van der Waals surface area contributed by atoms with E-state index < -0.39 is 0 Å². The van der Waals surface area contributed by atoms with Crippen LogP contribution in [0.25, 0.3) is 0 Å². The van der Waals surface area contributed by atoms with E-state index in [1.807, 2.05) is 61.5 Å². The van der Waals surface area contributed by atoms with Gasteiger partial charge in [0, 0.05) is 30.1 Å². The molecule has 5 heteroatoms. The van der Waals surface area contributed by atoms with E-state index in [2.05, 4.69) is 32.1 Å². The molecule has 0 heterocycles. The van der Waals surface area contributed by atoms with Crippen molar-refractivity contribution in [3.63, 3.8) is 0 Å². The molecule has 0 saturated carbocycles. The number of nitrogens with zero attached hydrogens (tertiary/aromatic N) is 4. The zero-order chi connectivity index (χ0) is 25.1. The van der Waals surface area contributed by atoms with Crippen molar-refractivity contribution in [2.24, 2.45) is 29.6 Å². The Bertz CT molecular complexity index is 528. The zero-order valence-electron chi connectivity index (χ0n) is 21.4. The second-order valence-electron chi connectivity index (χ2n) is 7.65. The fourth-order valence-electron chi connectivity index (χ4n) is 1.34. The Morgan fingerprint density at radius 2 is 1.06 bits per heavy atom. The Hall–Kier alpha value is -2.37. The average Bonchev–Trinajstić information content (AvgIpc) is 2.73. The van der Waals surface area contributed by atoms with E-state index in [1.165, 1.54) is 0 Å². The predicted octanol–water partition coefficient (Wildman–Crippen LogP) is 8.73. The van der Waals surface area contributed by atoms with Gasteiger partial charge < -0.3 is 4.79 Å². The van der Waals surface area contributed by atoms with Crippen molar-refractivity contribution in [3.8, 4) is 24.3 Å². The van der Waals surface area contributed by atoms with Gasteiger partial charge in [0.15, 0.2) is 0 Å². The largest absolute Gasteiger partial charge is 0.300 e. The molecule has 0 aliphatic carbocycles. The maximum Gasteiger partial charge on any atom is 0.129 e.